The van der Waals surface area contributed by atoms with Gasteiger partial charge in [0.1, 0.15) is 5.69 Å². The average Bonchev–Trinajstić information content (AvgIpc) is 2.98. The summed E-state index contributed by atoms with van der Waals surface area (Å²) in [4.78, 5) is 15.4. The van der Waals surface area contributed by atoms with Gasteiger partial charge in [0.05, 0.1) is 11.5 Å². The minimum absolute atomic E-state index is 0.112. The normalized spacial score (nSPS) is 11.0. The summed E-state index contributed by atoms with van der Waals surface area (Å²) in [6, 6.07) is 4.61. The molecule has 2 aromatic heterocycles. The molecule has 0 spiro atoms. The molecule has 0 bridgehead atoms. The molecule has 21 heavy (non-hydrogen) atoms. The highest BCUT2D eigenvalue weighted by atomic mass is 32.1. The third-order valence-corrected chi connectivity index (χ3v) is 3.75. The van der Waals surface area contributed by atoms with Crippen molar-refractivity contribution in [3.8, 4) is 11.6 Å². The Balaban J connectivity index is 2.07. The van der Waals surface area contributed by atoms with Crippen molar-refractivity contribution in [1.82, 2.24) is 9.38 Å². The highest BCUT2D eigenvalue weighted by Crippen LogP contribution is 2.34. The molecular formula is C13H11N3O4S. The fraction of sp³-hybridized carbons (Fsp3) is 0.154. The van der Waals surface area contributed by atoms with Crippen molar-refractivity contribution in [2.75, 3.05) is 0 Å². The number of benzene rings is 1. The first-order chi connectivity index (χ1) is 10.1. The van der Waals surface area contributed by atoms with Crippen LogP contribution in [0.15, 0.2) is 29.8 Å². The number of fused-ring (bicyclic) bond motifs is 1. The van der Waals surface area contributed by atoms with Crippen molar-refractivity contribution >= 4 is 22.0 Å². The molecule has 7 nitrogen and oxygen atoms in total. The molecule has 0 aliphatic carbocycles. The van der Waals surface area contributed by atoms with E-state index in [1.165, 1.54) is 17.4 Å². The first kappa shape index (κ1) is 13.5. The van der Waals surface area contributed by atoms with Gasteiger partial charge in [-0.05, 0) is 18.6 Å². The third kappa shape index (κ3) is 2.34. The molecule has 0 aliphatic rings. The van der Waals surface area contributed by atoms with E-state index in [1.54, 1.807) is 22.7 Å². The molecule has 2 heterocycles. The number of aromatic nitrogens is 2. The van der Waals surface area contributed by atoms with Crippen molar-refractivity contribution in [2.24, 2.45) is 0 Å². The number of nitrogens with zero attached hydrogens (tertiary/aromatic N) is 3. The Labute approximate surface area is 123 Å². The van der Waals surface area contributed by atoms with Crippen LogP contribution in [0.2, 0.25) is 0 Å². The molecule has 1 aromatic carbocycles. The lowest BCUT2D eigenvalue weighted by molar-refractivity contribution is -0.385. The van der Waals surface area contributed by atoms with Gasteiger partial charge in [-0.2, -0.15) is 4.98 Å². The number of aliphatic hydroxyl groups is 1. The number of thiazole rings is 1. The Hall–Kier alpha value is -2.45. The number of hydrogen-bond acceptors (Lipinski definition) is 6. The van der Waals surface area contributed by atoms with E-state index in [0.29, 0.717) is 10.7 Å². The van der Waals surface area contributed by atoms with Crippen LogP contribution >= 0.6 is 11.3 Å². The lowest BCUT2D eigenvalue weighted by Crippen LogP contribution is -1.97. The van der Waals surface area contributed by atoms with Crippen molar-refractivity contribution in [1.29, 1.82) is 0 Å². The number of nitro groups is 1. The summed E-state index contributed by atoms with van der Waals surface area (Å²) in [5.74, 6) is 0.290. The molecule has 0 aliphatic heterocycles. The lowest BCUT2D eigenvalue weighted by atomic mass is 10.2. The second-order valence-corrected chi connectivity index (χ2v) is 5.28. The minimum Gasteiger partial charge on any atom is -0.430 e. The van der Waals surface area contributed by atoms with Gasteiger partial charge in [-0.1, -0.05) is 6.07 Å². The predicted octanol–water partition coefficient (Wildman–Crippen LogP) is 2.90. The second kappa shape index (κ2) is 5.15. The van der Waals surface area contributed by atoms with E-state index < -0.39 is 4.92 Å². The first-order valence-corrected chi connectivity index (χ1v) is 6.96. The Morgan fingerprint density at radius 1 is 1.52 bits per heavy atom. The molecule has 0 unspecified atom stereocenters. The van der Waals surface area contributed by atoms with Gasteiger partial charge in [0.15, 0.2) is 4.96 Å². The fourth-order valence-corrected chi connectivity index (χ4v) is 2.72. The summed E-state index contributed by atoms with van der Waals surface area (Å²) in [5.41, 5.74) is 1.16. The number of hydrogen-bond donors (Lipinski definition) is 1. The maximum Gasteiger partial charge on any atom is 0.311 e. The van der Waals surface area contributed by atoms with E-state index >= 15 is 0 Å². The predicted molar refractivity (Wildman–Crippen MR) is 76.9 cm³/mol. The zero-order chi connectivity index (χ0) is 15.0. The van der Waals surface area contributed by atoms with Gasteiger partial charge < -0.3 is 9.84 Å². The highest BCUT2D eigenvalue weighted by Gasteiger charge is 2.20. The molecule has 0 atom stereocenters. The number of aliphatic hydroxyl groups excluding tert-OH is 1. The van der Waals surface area contributed by atoms with E-state index in [-0.39, 0.29) is 23.9 Å². The Morgan fingerprint density at radius 3 is 3.05 bits per heavy atom. The van der Waals surface area contributed by atoms with Gasteiger partial charge in [-0.3, -0.25) is 14.5 Å². The molecule has 3 rings (SSSR count). The highest BCUT2D eigenvalue weighted by molar-refractivity contribution is 7.15. The Morgan fingerprint density at radius 2 is 2.33 bits per heavy atom. The maximum absolute atomic E-state index is 11.1. The lowest BCUT2D eigenvalue weighted by Gasteiger charge is -2.06. The van der Waals surface area contributed by atoms with Gasteiger partial charge in [0.25, 0.3) is 0 Å². The second-order valence-electron chi connectivity index (χ2n) is 4.41. The van der Waals surface area contributed by atoms with E-state index in [9.17, 15) is 15.2 Å². The van der Waals surface area contributed by atoms with Crippen molar-refractivity contribution in [2.45, 2.75) is 13.5 Å². The van der Waals surface area contributed by atoms with Crippen LogP contribution in [0, 0.1) is 17.0 Å². The zero-order valence-corrected chi connectivity index (χ0v) is 11.8. The van der Waals surface area contributed by atoms with E-state index in [0.717, 1.165) is 5.56 Å². The third-order valence-electron chi connectivity index (χ3n) is 2.99. The molecule has 3 aromatic rings. The standard InChI is InChI=1S/C13H11N3O4S/c1-8-2-3-9(16(18)19)11(6-8)20-12-10(7-17)15-4-5-21-13(15)14-12/h2-6,17H,7H2,1H3. The van der Waals surface area contributed by atoms with Crippen molar-refractivity contribution in [3.05, 3.63) is 51.1 Å². The molecule has 0 fully saturated rings. The summed E-state index contributed by atoms with van der Waals surface area (Å²) in [7, 11) is 0. The van der Waals surface area contributed by atoms with Crippen LogP contribution in [0.4, 0.5) is 5.69 Å². The van der Waals surface area contributed by atoms with Crippen molar-refractivity contribution < 1.29 is 14.8 Å². The smallest absolute Gasteiger partial charge is 0.311 e. The molecular weight excluding hydrogens is 294 g/mol. The summed E-state index contributed by atoms with van der Waals surface area (Å²) in [6.07, 6.45) is 1.76. The summed E-state index contributed by atoms with van der Waals surface area (Å²) in [5, 5.41) is 22.4. The Kier molecular flexibility index (Phi) is 3.32. The summed E-state index contributed by atoms with van der Waals surface area (Å²) < 4.78 is 7.29. The monoisotopic (exact) mass is 305 g/mol. The molecule has 108 valence electrons. The van der Waals surface area contributed by atoms with Gasteiger partial charge in [-0.15, -0.1) is 11.3 Å². The molecule has 0 amide bonds. The van der Waals surface area contributed by atoms with Crippen molar-refractivity contribution in [3.63, 3.8) is 0 Å². The van der Waals surface area contributed by atoms with Crippen LogP contribution in [0.25, 0.3) is 4.96 Å². The summed E-state index contributed by atoms with van der Waals surface area (Å²) in [6.45, 7) is 1.54. The van der Waals surface area contributed by atoms with Crippen LogP contribution in [0.1, 0.15) is 11.3 Å². The number of aryl methyl sites for hydroxylation is 1. The molecule has 0 saturated heterocycles. The molecule has 8 heteroatoms. The number of ether oxygens (including phenoxy) is 1. The SMILES string of the molecule is Cc1ccc([N+](=O)[O-])c(Oc2nc3sccn3c2CO)c1. The average molecular weight is 305 g/mol. The van der Waals surface area contributed by atoms with Crippen LogP contribution in [0.3, 0.4) is 0 Å². The van der Waals surface area contributed by atoms with E-state index in [4.69, 9.17) is 4.74 Å². The summed E-state index contributed by atoms with van der Waals surface area (Å²) >= 11 is 1.39. The minimum atomic E-state index is -0.508. The van der Waals surface area contributed by atoms with Gasteiger partial charge in [0.2, 0.25) is 11.6 Å². The van der Waals surface area contributed by atoms with Crippen LogP contribution in [0.5, 0.6) is 11.6 Å². The number of imidazole rings is 1. The zero-order valence-electron chi connectivity index (χ0n) is 11.0. The van der Waals surface area contributed by atoms with Gasteiger partial charge in [0, 0.05) is 17.6 Å². The van der Waals surface area contributed by atoms with Crippen LogP contribution in [-0.4, -0.2) is 19.4 Å². The van der Waals surface area contributed by atoms with Gasteiger partial charge >= 0.3 is 5.69 Å². The molecule has 1 N–H and O–H groups in total. The number of nitro benzene ring substituents is 1. The van der Waals surface area contributed by atoms with Crippen LogP contribution in [-0.2, 0) is 6.61 Å². The fourth-order valence-electron chi connectivity index (χ4n) is 2.00. The molecule has 0 saturated carbocycles. The first-order valence-electron chi connectivity index (χ1n) is 6.08. The molecule has 0 radical (unpaired) electrons. The van der Waals surface area contributed by atoms with Gasteiger partial charge in [-0.25, -0.2) is 0 Å². The van der Waals surface area contributed by atoms with E-state index in [1.807, 2.05) is 12.3 Å². The van der Waals surface area contributed by atoms with E-state index in [2.05, 4.69) is 4.98 Å². The topological polar surface area (TPSA) is 89.9 Å². The largest absolute Gasteiger partial charge is 0.430 e. The quantitative estimate of drug-likeness (QED) is 0.591. The van der Waals surface area contributed by atoms with Crippen LogP contribution < -0.4 is 4.74 Å². The number of rotatable bonds is 4. The Bertz CT molecular complexity index is 824. The maximum atomic E-state index is 11.1.